The van der Waals surface area contributed by atoms with Gasteiger partial charge >= 0.3 is 0 Å². The number of nitrogens with one attached hydrogen (secondary N) is 2. The Hall–Kier alpha value is -8.07. The average Bonchev–Trinajstić information content (AvgIpc) is 3.67. The lowest BCUT2D eigenvalue weighted by Crippen LogP contribution is -2.54. The molecular formula is C55H54N10O7. The van der Waals surface area contributed by atoms with E-state index in [-0.39, 0.29) is 29.9 Å². The molecule has 4 aliphatic heterocycles. The summed E-state index contributed by atoms with van der Waals surface area (Å²) in [7, 11) is 1.85. The van der Waals surface area contributed by atoms with Gasteiger partial charge in [0, 0.05) is 86.2 Å². The number of hydrogen-bond donors (Lipinski definition) is 2. The van der Waals surface area contributed by atoms with Crippen LogP contribution in [-0.2, 0) is 29.2 Å². The highest BCUT2D eigenvalue weighted by atomic mass is 16.5. The van der Waals surface area contributed by atoms with E-state index >= 15 is 0 Å². The van der Waals surface area contributed by atoms with Crippen LogP contribution in [0.5, 0.6) is 11.5 Å². The summed E-state index contributed by atoms with van der Waals surface area (Å²) in [6.07, 6.45) is 7.03. The number of carbonyl (C=O) groups is 5. The van der Waals surface area contributed by atoms with Crippen LogP contribution < -0.4 is 20.1 Å². The van der Waals surface area contributed by atoms with Crippen LogP contribution in [-0.4, -0.2) is 135 Å². The third kappa shape index (κ3) is 10.5. The van der Waals surface area contributed by atoms with E-state index in [1.165, 1.54) is 0 Å². The fourth-order valence-electron chi connectivity index (χ4n) is 9.56. The molecule has 366 valence electrons. The molecule has 3 aromatic carbocycles. The monoisotopic (exact) mass is 966 g/mol. The summed E-state index contributed by atoms with van der Waals surface area (Å²) in [5.74, 6) is 6.68. The molecule has 5 amide bonds. The van der Waals surface area contributed by atoms with Crippen molar-refractivity contribution in [2.45, 2.75) is 57.7 Å². The molecule has 6 aromatic rings. The lowest BCUT2D eigenvalue weighted by Gasteiger charge is -2.33. The molecule has 1 atom stereocenters. The van der Waals surface area contributed by atoms with E-state index in [1.54, 1.807) is 41.6 Å². The predicted octanol–water partition coefficient (Wildman–Crippen LogP) is 5.53. The fraction of sp³-hybridized carbons (Fsp3) is 0.327. The zero-order valence-corrected chi connectivity index (χ0v) is 40.1. The number of carbonyl (C=O) groups excluding carboxylic acids is 5. The molecule has 3 aromatic heterocycles. The van der Waals surface area contributed by atoms with E-state index in [1.807, 2.05) is 67.7 Å². The molecule has 0 bridgehead atoms. The van der Waals surface area contributed by atoms with Crippen molar-refractivity contribution in [1.29, 1.82) is 0 Å². The van der Waals surface area contributed by atoms with Crippen LogP contribution in [0.1, 0.15) is 85.7 Å². The Morgan fingerprint density at radius 1 is 0.819 bits per heavy atom. The summed E-state index contributed by atoms with van der Waals surface area (Å²) in [5.41, 5.74) is 6.05. The minimum atomic E-state index is -1.01. The lowest BCUT2D eigenvalue weighted by atomic mass is 10.0. The second-order valence-electron chi connectivity index (χ2n) is 18.3. The molecule has 4 aliphatic rings. The Labute approximate surface area is 416 Å². The van der Waals surface area contributed by atoms with Gasteiger partial charge in [-0.2, -0.15) is 0 Å². The highest BCUT2D eigenvalue weighted by Crippen LogP contribution is 2.34. The zero-order valence-electron chi connectivity index (χ0n) is 40.1. The SMILES string of the molecule is CNc1nc(-c2cnc3ccccc3c2)nc2c1CCN(C(=O)c1ccc(COc3ccc(C#CCN4CCN(CCCCCOc5cccc6c5C(=O)N(C5CCC(=O)NC5=O)C6=O)CC4)cc3)cn1)C2. The Morgan fingerprint density at radius 2 is 1.65 bits per heavy atom. The molecule has 0 aliphatic carbocycles. The van der Waals surface area contributed by atoms with E-state index in [9.17, 15) is 24.0 Å². The van der Waals surface area contributed by atoms with Gasteiger partial charge in [-0.3, -0.25) is 49.1 Å². The average molecular weight is 967 g/mol. The number of hydrogen-bond acceptors (Lipinski definition) is 14. The normalized spacial score (nSPS) is 17.0. The number of para-hydroxylation sites is 1. The largest absolute Gasteiger partial charge is 0.493 e. The second-order valence-corrected chi connectivity index (χ2v) is 18.3. The molecule has 0 spiro atoms. The third-order valence-electron chi connectivity index (χ3n) is 13.5. The maximum absolute atomic E-state index is 13.7. The van der Waals surface area contributed by atoms with Gasteiger partial charge in [0.15, 0.2) is 5.82 Å². The molecule has 0 saturated carbocycles. The molecule has 17 heteroatoms. The first-order chi connectivity index (χ1) is 35.2. The maximum Gasteiger partial charge on any atom is 0.272 e. The number of unbranched alkanes of at least 4 members (excludes halogenated alkanes) is 2. The quantitative estimate of drug-likeness (QED) is 0.0742. The van der Waals surface area contributed by atoms with Gasteiger partial charge in [-0.1, -0.05) is 42.2 Å². The number of benzene rings is 3. The summed E-state index contributed by atoms with van der Waals surface area (Å²) in [6, 6.07) is 25.2. The number of piperidine rings is 1. The van der Waals surface area contributed by atoms with Crippen molar-refractivity contribution in [2.75, 3.05) is 64.8 Å². The van der Waals surface area contributed by atoms with Crippen LogP contribution in [0.15, 0.2) is 97.3 Å². The molecular weight excluding hydrogens is 913 g/mol. The van der Waals surface area contributed by atoms with Crippen LogP contribution in [0.4, 0.5) is 5.82 Å². The van der Waals surface area contributed by atoms with Crippen molar-refractivity contribution >= 4 is 46.3 Å². The van der Waals surface area contributed by atoms with Gasteiger partial charge in [-0.25, -0.2) is 9.97 Å². The molecule has 2 saturated heterocycles. The number of aromatic nitrogens is 4. The minimum absolute atomic E-state index is 0.0697. The lowest BCUT2D eigenvalue weighted by molar-refractivity contribution is -0.136. The van der Waals surface area contributed by atoms with Gasteiger partial charge in [0.05, 0.1) is 42.0 Å². The van der Waals surface area contributed by atoms with Crippen LogP contribution in [0.25, 0.3) is 22.3 Å². The number of rotatable bonds is 15. The molecule has 72 heavy (non-hydrogen) atoms. The number of ether oxygens (including phenoxy) is 2. The van der Waals surface area contributed by atoms with Gasteiger partial charge < -0.3 is 24.6 Å². The summed E-state index contributed by atoms with van der Waals surface area (Å²) in [4.78, 5) is 90.5. The molecule has 1 unspecified atom stereocenters. The fourth-order valence-corrected chi connectivity index (χ4v) is 9.56. The summed E-state index contributed by atoms with van der Waals surface area (Å²) in [6.45, 7) is 7.11. The standard InChI is InChI=1S/C55H54N10O7/c1-56-51-41-22-25-64(34-45(41)59-50(61-51)39-31-38-10-3-4-12-43(38)58-33-39)54(69)44-19-16-37(32-57-44)35-72-40-17-14-36(15-18-40)9-8-24-63-28-26-62(27-29-63)23-5-2-6-30-71-47-13-7-11-42-49(47)55(70)65(53(42)68)46-20-21-48(66)60-52(46)67/h3-4,7,10-19,31-33,46H,2,5-6,20-30,34-35H2,1H3,(H,56,59,61)(H,60,66,67). The van der Waals surface area contributed by atoms with Crippen LogP contribution in [0.3, 0.4) is 0 Å². The molecule has 7 heterocycles. The van der Waals surface area contributed by atoms with Crippen molar-refractivity contribution in [3.63, 3.8) is 0 Å². The molecule has 10 rings (SSSR count). The summed E-state index contributed by atoms with van der Waals surface area (Å²) in [5, 5.41) is 6.45. The van der Waals surface area contributed by atoms with Crippen LogP contribution in [0, 0.1) is 11.8 Å². The Bertz CT molecular complexity index is 3110. The van der Waals surface area contributed by atoms with Crippen LogP contribution in [0.2, 0.25) is 0 Å². The molecule has 17 nitrogen and oxygen atoms in total. The first-order valence-corrected chi connectivity index (χ1v) is 24.5. The van der Waals surface area contributed by atoms with Gasteiger partial charge in [-0.15, -0.1) is 0 Å². The Kier molecular flexibility index (Phi) is 14.2. The number of nitrogens with zero attached hydrogens (tertiary/aromatic N) is 8. The van der Waals surface area contributed by atoms with Crippen molar-refractivity contribution < 1.29 is 33.4 Å². The topological polar surface area (TPSA) is 192 Å². The highest BCUT2D eigenvalue weighted by Gasteiger charge is 2.46. The highest BCUT2D eigenvalue weighted by molar-refractivity contribution is 6.24. The maximum atomic E-state index is 13.7. The Morgan fingerprint density at radius 3 is 2.46 bits per heavy atom. The van der Waals surface area contributed by atoms with Crippen molar-refractivity contribution in [3.8, 4) is 34.7 Å². The van der Waals surface area contributed by atoms with Crippen LogP contribution >= 0.6 is 0 Å². The van der Waals surface area contributed by atoms with Gasteiger partial charge in [0.25, 0.3) is 17.7 Å². The second kappa shape index (κ2) is 21.5. The number of fused-ring (bicyclic) bond motifs is 3. The van der Waals surface area contributed by atoms with E-state index < -0.39 is 29.7 Å². The van der Waals surface area contributed by atoms with E-state index in [0.717, 1.165) is 102 Å². The first kappa shape index (κ1) is 47.6. The first-order valence-electron chi connectivity index (χ1n) is 24.5. The van der Waals surface area contributed by atoms with E-state index in [0.29, 0.717) is 62.3 Å². The molecule has 0 radical (unpaired) electrons. The van der Waals surface area contributed by atoms with Crippen molar-refractivity contribution in [2.24, 2.45) is 0 Å². The predicted molar refractivity (Wildman–Crippen MR) is 268 cm³/mol. The number of anilines is 1. The number of imide groups is 2. The molecule has 2 fully saturated rings. The Balaban J connectivity index is 0.620. The van der Waals surface area contributed by atoms with Crippen molar-refractivity contribution in [3.05, 3.63) is 137 Å². The van der Waals surface area contributed by atoms with E-state index in [4.69, 9.17) is 19.4 Å². The number of amides is 5. The van der Waals surface area contributed by atoms with E-state index in [2.05, 4.69) is 42.2 Å². The smallest absolute Gasteiger partial charge is 0.272 e. The van der Waals surface area contributed by atoms with Crippen molar-refractivity contribution in [1.82, 2.24) is 44.9 Å². The third-order valence-corrected chi connectivity index (χ3v) is 13.5. The molecule has 2 N–H and O–H groups in total. The van der Waals surface area contributed by atoms with Gasteiger partial charge in [0.2, 0.25) is 11.8 Å². The number of piperazine rings is 1. The number of pyridine rings is 2. The summed E-state index contributed by atoms with van der Waals surface area (Å²) < 4.78 is 12.0. The summed E-state index contributed by atoms with van der Waals surface area (Å²) >= 11 is 0. The van der Waals surface area contributed by atoms with Gasteiger partial charge in [-0.05, 0) is 93.2 Å². The van der Waals surface area contributed by atoms with Gasteiger partial charge in [0.1, 0.15) is 35.7 Å². The zero-order chi connectivity index (χ0) is 49.6. The minimum Gasteiger partial charge on any atom is -0.493 e.